The molecule has 9 heteroatoms. The Morgan fingerprint density at radius 1 is 1.25 bits per heavy atom. The van der Waals surface area contributed by atoms with E-state index in [9.17, 15) is 8.42 Å². The van der Waals surface area contributed by atoms with Gasteiger partial charge in [-0.05, 0) is 44.9 Å². The van der Waals surface area contributed by atoms with E-state index in [1.807, 2.05) is 6.92 Å². The maximum atomic E-state index is 13.3. The molecule has 1 saturated heterocycles. The van der Waals surface area contributed by atoms with Crippen LogP contribution in [0.5, 0.6) is 0 Å². The molecule has 1 atom stereocenters. The zero-order chi connectivity index (χ0) is 19.9. The van der Waals surface area contributed by atoms with Crippen LogP contribution in [0.2, 0.25) is 5.02 Å². The Bertz CT molecular complexity index is 1130. The Balaban J connectivity index is 1.80. The molecule has 1 aromatic carbocycles. The van der Waals surface area contributed by atoms with Crippen LogP contribution in [0, 0.1) is 13.8 Å². The van der Waals surface area contributed by atoms with E-state index in [-0.39, 0.29) is 4.90 Å². The van der Waals surface area contributed by atoms with Crippen LogP contribution in [-0.4, -0.2) is 34.4 Å². The van der Waals surface area contributed by atoms with Crippen molar-refractivity contribution >= 4 is 21.6 Å². The third-order valence-electron chi connectivity index (χ3n) is 4.75. The summed E-state index contributed by atoms with van der Waals surface area (Å²) in [7, 11) is -3.72. The summed E-state index contributed by atoms with van der Waals surface area (Å²) in [4.78, 5) is 9.03. The summed E-state index contributed by atoms with van der Waals surface area (Å²) in [5.74, 6) is 1.10. The molecule has 0 bridgehead atoms. The molecule has 0 amide bonds. The van der Waals surface area contributed by atoms with Crippen LogP contribution >= 0.6 is 11.6 Å². The van der Waals surface area contributed by atoms with E-state index in [0.717, 1.165) is 12.1 Å². The van der Waals surface area contributed by atoms with Gasteiger partial charge in [-0.2, -0.15) is 4.31 Å². The molecule has 28 heavy (non-hydrogen) atoms. The lowest BCUT2D eigenvalue weighted by molar-refractivity contribution is 0.387. The molecule has 1 fully saturated rings. The zero-order valence-electron chi connectivity index (χ0n) is 15.5. The summed E-state index contributed by atoms with van der Waals surface area (Å²) in [5, 5.41) is 4.31. The van der Waals surface area contributed by atoms with Gasteiger partial charge in [0, 0.05) is 23.8 Å². The van der Waals surface area contributed by atoms with Crippen molar-refractivity contribution in [3.05, 3.63) is 58.8 Å². The van der Waals surface area contributed by atoms with Crippen molar-refractivity contribution in [2.45, 2.75) is 37.6 Å². The van der Waals surface area contributed by atoms with Gasteiger partial charge in [-0.1, -0.05) is 22.8 Å². The van der Waals surface area contributed by atoms with Crippen LogP contribution in [0.15, 0.2) is 45.9 Å². The number of hydrogen-bond acceptors (Lipinski definition) is 6. The Labute approximate surface area is 168 Å². The molecule has 3 aromatic rings. The van der Waals surface area contributed by atoms with Crippen LogP contribution in [0.1, 0.15) is 36.1 Å². The van der Waals surface area contributed by atoms with Gasteiger partial charge < -0.3 is 4.52 Å². The largest absolute Gasteiger partial charge is 0.356 e. The summed E-state index contributed by atoms with van der Waals surface area (Å²) >= 11 is 6.02. The van der Waals surface area contributed by atoms with Gasteiger partial charge in [0.05, 0.1) is 27.9 Å². The molecule has 146 valence electrons. The Kier molecular flexibility index (Phi) is 4.95. The summed E-state index contributed by atoms with van der Waals surface area (Å²) in [6.07, 6.45) is 3.07. The van der Waals surface area contributed by atoms with Gasteiger partial charge in [0.2, 0.25) is 10.0 Å². The number of aryl methyl sites for hydroxylation is 2. The number of halogens is 1. The molecule has 0 radical (unpaired) electrons. The van der Waals surface area contributed by atoms with Crippen LogP contribution in [-0.2, 0) is 10.0 Å². The minimum atomic E-state index is -3.72. The first-order valence-corrected chi connectivity index (χ1v) is 10.7. The van der Waals surface area contributed by atoms with Crippen LogP contribution < -0.4 is 0 Å². The summed E-state index contributed by atoms with van der Waals surface area (Å²) in [5.41, 5.74) is 2.02. The van der Waals surface area contributed by atoms with E-state index in [2.05, 4.69) is 15.1 Å². The lowest BCUT2D eigenvalue weighted by Gasteiger charge is -2.25. The molecule has 0 N–H and O–H groups in total. The van der Waals surface area contributed by atoms with Crippen molar-refractivity contribution in [1.29, 1.82) is 0 Å². The summed E-state index contributed by atoms with van der Waals surface area (Å²) in [6, 6.07) is 7.70. The molecule has 7 nitrogen and oxygen atoms in total. The SMILES string of the molecule is Cc1cc(-c2cnc(C)nc2[C@H]2CCCN2S(=O)(=O)c2cccc(Cl)c2)on1. The van der Waals surface area contributed by atoms with Gasteiger partial charge in [0.1, 0.15) is 5.82 Å². The normalized spacial score (nSPS) is 17.9. The smallest absolute Gasteiger partial charge is 0.243 e. The number of hydrogen-bond donors (Lipinski definition) is 0. The van der Waals surface area contributed by atoms with Crippen LogP contribution in [0.25, 0.3) is 11.3 Å². The standard InChI is InChI=1S/C19H19ClN4O3S/c1-12-9-18(27-23-12)16-11-21-13(2)22-19(16)17-7-4-8-24(17)28(25,26)15-6-3-5-14(20)10-15/h3,5-6,9-11,17H,4,7-8H2,1-2H3/t17-/m1/s1. The molecule has 3 heterocycles. The second-order valence-corrected chi connectivity index (χ2v) is 9.11. The fourth-order valence-electron chi connectivity index (χ4n) is 3.49. The highest BCUT2D eigenvalue weighted by Gasteiger charge is 2.38. The van der Waals surface area contributed by atoms with E-state index < -0.39 is 16.1 Å². The van der Waals surface area contributed by atoms with Gasteiger partial charge in [-0.3, -0.25) is 0 Å². The predicted molar refractivity (Wildman–Crippen MR) is 104 cm³/mol. The number of benzene rings is 1. The molecule has 4 rings (SSSR count). The molecular weight excluding hydrogens is 400 g/mol. The van der Waals surface area contributed by atoms with Gasteiger partial charge in [0.25, 0.3) is 0 Å². The molecular formula is C19H19ClN4O3S. The van der Waals surface area contributed by atoms with Crippen molar-refractivity contribution in [2.75, 3.05) is 6.54 Å². The molecule has 0 saturated carbocycles. The lowest BCUT2D eigenvalue weighted by Crippen LogP contribution is -2.31. The molecule has 0 aliphatic carbocycles. The highest BCUT2D eigenvalue weighted by molar-refractivity contribution is 7.89. The second-order valence-electron chi connectivity index (χ2n) is 6.78. The summed E-state index contributed by atoms with van der Waals surface area (Å²) < 4.78 is 33.5. The molecule has 1 aliphatic rings. The fourth-order valence-corrected chi connectivity index (χ4v) is 5.45. The van der Waals surface area contributed by atoms with Crippen molar-refractivity contribution in [1.82, 2.24) is 19.4 Å². The average molecular weight is 419 g/mol. The Morgan fingerprint density at radius 2 is 2.07 bits per heavy atom. The van der Waals surface area contributed by atoms with Crippen molar-refractivity contribution in [2.24, 2.45) is 0 Å². The Hall–Kier alpha value is -2.29. The van der Waals surface area contributed by atoms with Gasteiger partial charge in [0.15, 0.2) is 5.76 Å². The topological polar surface area (TPSA) is 89.2 Å². The van der Waals surface area contributed by atoms with E-state index in [1.54, 1.807) is 37.4 Å². The van der Waals surface area contributed by atoms with E-state index in [4.69, 9.17) is 16.1 Å². The molecule has 0 spiro atoms. The minimum absolute atomic E-state index is 0.176. The maximum Gasteiger partial charge on any atom is 0.243 e. The van der Waals surface area contributed by atoms with Gasteiger partial charge in [-0.15, -0.1) is 0 Å². The number of aromatic nitrogens is 3. The zero-order valence-corrected chi connectivity index (χ0v) is 17.0. The van der Waals surface area contributed by atoms with Gasteiger partial charge in [-0.25, -0.2) is 18.4 Å². The maximum absolute atomic E-state index is 13.3. The predicted octanol–water partition coefficient (Wildman–Crippen LogP) is 3.93. The highest BCUT2D eigenvalue weighted by atomic mass is 35.5. The molecule has 0 unspecified atom stereocenters. The highest BCUT2D eigenvalue weighted by Crippen LogP contribution is 2.40. The fraction of sp³-hybridized carbons (Fsp3) is 0.316. The second kappa shape index (κ2) is 7.27. The van der Waals surface area contributed by atoms with E-state index in [1.165, 1.54) is 10.4 Å². The Morgan fingerprint density at radius 3 is 2.79 bits per heavy atom. The number of rotatable bonds is 4. The first-order valence-electron chi connectivity index (χ1n) is 8.91. The third kappa shape index (κ3) is 3.43. The minimum Gasteiger partial charge on any atom is -0.356 e. The van der Waals surface area contributed by atoms with Crippen LogP contribution in [0.3, 0.4) is 0 Å². The first-order chi connectivity index (χ1) is 13.4. The van der Waals surface area contributed by atoms with Crippen molar-refractivity contribution < 1.29 is 12.9 Å². The lowest BCUT2D eigenvalue weighted by atomic mass is 10.0. The average Bonchev–Trinajstić information content (AvgIpc) is 3.31. The quantitative estimate of drug-likeness (QED) is 0.637. The summed E-state index contributed by atoms with van der Waals surface area (Å²) in [6.45, 7) is 4.02. The van der Waals surface area contributed by atoms with E-state index >= 15 is 0 Å². The third-order valence-corrected chi connectivity index (χ3v) is 6.89. The van der Waals surface area contributed by atoms with Gasteiger partial charge >= 0.3 is 0 Å². The molecule has 2 aromatic heterocycles. The first kappa shape index (κ1) is 19.0. The van der Waals surface area contributed by atoms with Crippen LogP contribution in [0.4, 0.5) is 0 Å². The van der Waals surface area contributed by atoms with Crippen molar-refractivity contribution in [3.8, 4) is 11.3 Å². The molecule has 1 aliphatic heterocycles. The monoisotopic (exact) mass is 418 g/mol. The van der Waals surface area contributed by atoms with Crippen molar-refractivity contribution in [3.63, 3.8) is 0 Å². The number of sulfonamides is 1. The van der Waals surface area contributed by atoms with E-state index in [0.29, 0.717) is 40.8 Å². The number of nitrogens with zero attached hydrogens (tertiary/aromatic N) is 4.